The van der Waals surface area contributed by atoms with E-state index in [4.69, 9.17) is 26.3 Å². The van der Waals surface area contributed by atoms with Crippen LogP contribution in [0.2, 0.25) is 5.02 Å². The number of nitriles is 1. The van der Waals surface area contributed by atoms with E-state index in [2.05, 4.69) is 4.72 Å². The van der Waals surface area contributed by atoms with Gasteiger partial charge in [-0.1, -0.05) is 17.7 Å². The molecule has 2 aromatic rings. The van der Waals surface area contributed by atoms with Gasteiger partial charge in [-0.05, 0) is 49.4 Å². The van der Waals surface area contributed by atoms with Crippen molar-refractivity contribution >= 4 is 39.2 Å². The molecule has 0 spiro atoms. The highest BCUT2D eigenvalue weighted by Crippen LogP contribution is 2.20. The molecule has 1 N–H and O–H groups in total. The van der Waals surface area contributed by atoms with E-state index in [9.17, 15) is 18.0 Å². The highest BCUT2D eigenvalue weighted by Gasteiger charge is 2.19. The van der Waals surface area contributed by atoms with Crippen molar-refractivity contribution in [1.82, 2.24) is 4.72 Å². The Hall–Kier alpha value is -3.13. The van der Waals surface area contributed by atoms with Crippen LogP contribution >= 0.6 is 11.6 Å². The zero-order chi connectivity index (χ0) is 24.3. The van der Waals surface area contributed by atoms with Crippen molar-refractivity contribution in [3.05, 3.63) is 53.6 Å². The van der Waals surface area contributed by atoms with Crippen LogP contribution in [-0.4, -0.2) is 46.6 Å². The molecule has 0 saturated carbocycles. The van der Waals surface area contributed by atoms with Gasteiger partial charge in [0, 0.05) is 23.8 Å². The summed E-state index contributed by atoms with van der Waals surface area (Å²) < 4.78 is 37.1. The minimum absolute atomic E-state index is 0.0259. The molecule has 9 nitrogen and oxygen atoms in total. The molecule has 0 saturated heterocycles. The van der Waals surface area contributed by atoms with Crippen LogP contribution in [0.1, 0.15) is 19.8 Å². The topological polar surface area (TPSA) is 126 Å². The summed E-state index contributed by atoms with van der Waals surface area (Å²) in [4.78, 5) is 25.9. The standard InChI is InChI=1S/C22H24ClN3O6S/c1-2-31-19-9-7-18(8-10-19)26(14-4-12-24)21(27)16-32-22(28)11-13-25-33(29,30)20-6-3-5-17(23)15-20/h3,5-10,15,25H,2,4,11,13-14,16H2,1H3. The molecule has 2 rings (SSSR count). The van der Waals surface area contributed by atoms with Gasteiger partial charge in [0.2, 0.25) is 10.0 Å². The Kier molecular flexibility index (Phi) is 10.1. The lowest BCUT2D eigenvalue weighted by Crippen LogP contribution is -2.36. The van der Waals surface area contributed by atoms with Gasteiger partial charge in [0.1, 0.15) is 5.75 Å². The molecule has 0 aliphatic rings. The van der Waals surface area contributed by atoms with E-state index in [1.807, 2.05) is 13.0 Å². The third-order valence-corrected chi connectivity index (χ3v) is 5.99. The van der Waals surface area contributed by atoms with Crippen LogP contribution in [0.5, 0.6) is 5.75 Å². The molecule has 0 bridgehead atoms. The lowest BCUT2D eigenvalue weighted by atomic mass is 10.2. The molecule has 0 aromatic heterocycles. The summed E-state index contributed by atoms with van der Waals surface area (Å²) in [5, 5.41) is 9.15. The average molecular weight is 494 g/mol. The van der Waals surface area contributed by atoms with Crippen LogP contribution in [0.25, 0.3) is 0 Å². The van der Waals surface area contributed by atoms with Gasteiger partial charge in [0.05, 0.1) is 30.4 Å². The molecule has 0 aliphatic carbocycles. The van der Waals surface area contributed by atoms with Crippen LogP contribution in [0, 0.1) is 11.3 Å². The van der Waals surface area contributed by atoms with Crippen molar-refractivity contribution in [2.75, 3.05) is 31.2 Å². The number of nitrogens with zero attached hydrogens (tertiary/aromatic N) is 2. The molecular formula is C22H24ClN3O6S. The predicted octanol–water partition coefficient (Wildman–Crippen LogP) is 2.90. The summed E-state index contributed by atoms with van der Waals surface area (Å²) in [7, 11) is -3.84. The Balaban J connectivity index is 1.88. The SMILES string of the molecule is CCOc1ccc(N(CCC#N)C(=O)COC(=O)CCNS(=O)(=O)c2cccc(Cl)c2)cc1. The van der Waals surface area contributed by atoms with Crippen molar-refractivity contribution in [2.24, 2.45) is 0 Å². The molecular weight excluding hydrogens is 470 g/mol. The number of sulfonamides is 1. The molecule has 1 amide bonds. The first-order valence-corrected chi connectivity index (χ1v) is 11.9. The maximum Gasteiger partial charge on any atom is 0.307 e. The number of esters is 1. The number of rotatable bonds is 12. The fourth-order valence-electron chi connectivity index (χ4n) is 2.75. The molecule has 0 aliphatic heterocycles. The van der Waals surface area contributed by atoms with Crippen LogP contribution in [0.15, 0.2) is 53.4 Å². The summed E-state index contributed by atoms with van der Waals surface area (Å²) in [6, 6.07) is 14.4. The van der Waals surface area contributed by atoms with Crippen molar-refractivity contribution in [3.8, 4) is 11.8 Å². The fraction of sp³-hybridized carbons (Fsp3) is 0.318. The van der Waals surface area contributed by atoms with Gasteiger partial charge < -0.3 is 14.4 Å². The van der Waals surface area contributed by atoms with Crippen molar-refractivity contribution in [1.29, 1.82) is 5.26 Å². The monoisotopic (exact) mass is 493 g/mol. The summed E-state index contributed by atoms with van der Waals surface area (Å²) in [5.41, 5.74) is 0.532. The molecule has 176 valence electrons. The van der Waals surface area contributed by atoms with Gasteiger partial charge in [-0.15, -0.1) is 0 Å². The summed E-state index contributed by atoms with van der Waals surface area (Å²) in [6.07, 6.45) is -0.174. The number of ether oxygens (including phenoxy) is 2. The first-order valence-electron chi connectivity index (χ1n) is 10.1. The molecule has 11 heteroatoms. The zero-order valence-corrected chi connectivity index (χ0v) is 19.6. The Labute approximate surface area is 197 Å². The van der Waals surface area contributed by atoms with E-state index < -0.39 is 28.5 Å². The van der Waals surface area contributed by atoms with Gasteiger partial charge in [-0.25, -0.2) is 13.1 Å². The van der Waals surface area contributed by atoms with Gasteiger partial charge in [-0.2, -0.15) is 5.26 Å². The first-order chi connectivity index (χ1) is 15.8. The second-order valence-corrected chi connectivity index (χ2v) is 8.85. The van der Waals surface area contributed by atoms with Crippen molar-refractivity contribution in [3.63, 3.8) is 0 Å². The van der Waals surface area contributed by atoms with Crippen molar-refractivity contribution in [2.45, 2.75) is 24.7 Å². The Morgan fingerprint density at radius 1 is 1.18 bits per heavy atom. The van der Waals surface area contributed by atoms with E-state index in [0.717, 1.165) is 0 Å². The van der Waals surface area contributed by atoms with Crippen LogP contribution < -0.4 is 14.4 Å². The Morgan fingerprint density at radius 3 is 2.55 bits per heavy atom. The van der Waals surface area contributed by atoms with E-state index in [1.165, 1.54) is 23.1 Å². The molecule has 33 heavy (non-hydrogen) atoms. The number of benzene rings is 2. The average Bonchev–Trinajstić information content (AvgIpc) is 2.79. The van der Waals surface area contributed by atoms with Crippen LogP contribution in [0.4, 0.5) is 5.69 Å². The second kappa shape index (κ2) is 12.8. The Bertz CT molecular complexity index is 1100. The highest BCUT2D eigenvalue weighted by atomic mass is 35.5. The number of nitrogens with one attached hydrogen (secondary N) is 1. The molecule has 0 unspecified atom stereocenters. The number of carbonyl (C=O) groups is 2. The molecule has 0 radical (unpaired) electrons. The number of anilines is 1. The van der Waals surface area contributed by atoms with E-state index >= 15 is 0 Å². The summed E-state index contributed by atoms with van der Waals surface area (Å²) in [5.74, 6) is -0.619. The minimum atomic E-state index is -3.84. The highest BCUT2D eigenvalue weighted by molar-refractivity contribution is 7.89. The fourth-order valence-corrected chi connectivity index (χ4v) is 4.08. The number of carbonyl (C=O) groups excluding carboxylic acids is 2. The van der Waals surface area contributed by atoms with Gasteiger partial charge in [0.15, 0.2) is 6.61 Å². The largest absolute Gasteiger partial charge is 0.494 e. The third-order valence-electron chi connectivity index (χ3n) is 4.29. The lowest BCUT2D eigenvalue weighted by Gasteiger charge is -2.22. The summed E-state index contributed by atoms with van der Waals surface area (Å²) >= 11 is 5.80. The second-order valence-electron chi connectivity index (χ2n) is 6.65. The van der Waals surface area contributed by atoms with Gasteiger partial charge in [-0.3, -0.25) is 9.59 Å². The lowest BCUT2D eigenvalue weighted by molar-refractivity contribution is -0.147. The molecule has 0 heterocycles. The smallest absolute Gasteiger partial charge is 0.307 e. The number of hydrogen-bond acceptors (Lipinski definition) is 7. The number of amides is 1. The first kappa shape index (κ1) is 26.1. The van der Waals surface area contributed by atoms with E-state index in [0.29, 0.717) is 18.0 Å². The minimum Gasteiger partial charge on any atom is -0.494 e. The zero-order valence-electron chi connectivity index (χ0n) is 18.0. The summed E-state index contributed by atoms with van der Waals surface area (Å²) in [6.45, 7) is 1.73. The predicted molar refractivity (Wildman–Crippen MR) is 122 cm³/mol. The van der Waals surface area contributed by atoms with Gasteiger partial charge >= 0.3 is 5.97 Å². The van der Waals surface area contributed by atoms with Crippen LogP contribution in [0.3, 0.4) is 0 Å². The van der Waals surface area contributed by atoms with E-state index in [1.54, 1.807) is 30.3 Å². The normalized spacial score (nSPS) is 10.8. The van der Waals surface area contributed by atoms with E-state index in [-0.39, 0.29) is 35.8 Å². The van der Waals surface area contributed by atoms with Crippen molar-refractivity contribution < 1.29 is 27.5 Å². The number of hydrogen-bond donors (Lipinski definition) is 1. The maximum atomic E-state index is 12.6. The molecule has 2 aromatic carbocycles. The molecule has 0 fully saturated rings. The van der Waals surface area contributed by atoms with Gasteiger partial charge in [0.25, 0.3) is 5.91 Å². The Morgan fingerprint density at radius 2 is 1.91 bits per heavy atom. The third kappa shape index (κ3) is 8.38. The maximum absolute atomic E-state index is 12.6. The molecule has 0 atom stereocenters. The quantitative estimate of drug-likeness (QED) is 0.450. The van der Waals surface area contributed by atoms with Crippen LogP contribution in [-0.2, 0) is 24.3 Å². The number of halogens is 1.